The van der Waals surface area contributed by atoms with Crippen LogP contribution in [0.3, 0.4) is 0 Å². The van der Waals surface area contributed by atoms with E-state index >= 15 is 0 Å². The number of nitrogens with zero attached hydrogens (tertiary/aromatic N) is 1. The molecule has 134 valence electrons. The molecular weight excluding hydrogens is 324 g/mol. The van der Waals surface area contributed by atoms with Gasteiger partial charge in [-0.25, -0.2) is 4.79 Å². The number of β-amino-alcohol motifs (C(OH)–C–C–N with tert-alkyl or cyclic N) is 1. The van der Waals surface area contributed by atoms with Crippen molar-refractivity contribution < 1.29 is 24.6 Å². The van der Waals surface area contributed by atoms with Crippen molar-refractivity contribution in [3.05, 3.63) is 42.0 Å². The van der Waals surface area contributed by atoms with Crippen LogP contribution in [-0.2, 0) is 14.4 Å². The van der Waals surface area contributed by atoms with E-state index in [1.54, 1.807) is 12.2 Å². The van der Waals surface area contributed by atoms with Crippen LogP contribution in [0.2, 0.25) is 0 Å². The van der Waals surface area contributed by atoms with Gasteiger partial charge in [-0.3, -0.25) is 9.59 Å². The van der Waals surface area contributed by atoms with Gasteiger partial charge in [-0.05, 0) is 12.0 Å². The van der Waals surface area contributed by atoms with E-state index in [1.165, 1.54) is 11.8 Å². The predicted molar refractivity (Wildman–Crippen MR) is 91.5 cm³/mol. The Kier molecular flexibility index (Phi) is 6.30. The molecule has 1 aliphatic heterocycles. The Morgan fingerprint density at radius 2 is 2.00 bits per heavy atom. The van der Waals surface area contributed by atoms with Crippen LogP contribution in [0, 0.1) is 0 Å². The summed E-state index contributed by atoms with van der Waals surface area (Å²) in [6, 6.07) is 7.46. The van der Waals surface area contributed by atoms with Crippen LogP contribution in [0.5, 0.6) is 0 Å². The molecule has 7 heteroatoms. The molecule has 0 aromatic heterocycles. The third kappa shape index (κ3) is 5.15. The van der Waals surface area contributed by atoms with Crippen LogP contribution in [0.4, 0.5) is 0 Å². The number of benzene rings is 1. The maximum absolute atomic E-state index is 12.4. The van der Waals surface area contributed by atoms with Crippen molar-refractivity contribution in [3.63, 3.8) is 0 Å². The zero-order chi connectivity index (χ0) is 18.4. The fourth-order valence-electron chi connectivity index (χ4n) is 2.80. The number of hydrogen-bond donors (Lipinski definition) is 3. The number of nitrogens with one attached hydrogen (secondary N) is 1. The number of carbonyl (C=O) groups is 3. The molecule has 1 saturated heterocycles. The molecule has 1 aliphatic rings. The highest BCUT2D eigenvalue weighted by Gasteiger charge is 2.38. The number of aliphatic hydroxyl groups is 1. The monoisotopic (exact) mass is 346 g/mol. The fraction of sp³-hybridized carbons (Fsp3) is 0.389. The molecule has 0 spiro atoms. The zero-order valence-electron chi connectivity index (χ0n) is 14.0. The second-order valence-corrected chi connectivity index (χ2v) is 6.02. The van der Waals surface area contributed by atoms with E-state index in [0.717, 1.165) is 5.56 Å². The van der Waals surface area contributed by atoms with E-state index in [9.17, 15) is 24.6 Å². The van der Waals surface area contributed by atoms with Crippen molar-refractivity contribution in [2.45, 2.75) is 38.0 Å². The van der Waals surface area contributed by atoms with Crippen molar-refractivity contribution in [2.24, 2.45) is 0 Å². The number of hydrogen-bond acceptors (Lipinski definition) is 4. The van der Waals surface area contributed by atoms with Crippen molar-refractivity contribution in [1.82, 2.24) is 10.2 Å². The van der Waals surface area contributed by atoms with E-state index < -0.39 is 30.1 Å². The maximum Gasteiger partial charge on any atom is 0.326 e. The van der Waals surface area contributed by atoms with Crippen LogP contribution in [0.1, 0.15) is 25.3 Å². The van der Waals surface area contributed by atoms with E-state index in [-0.39, 0.29) is 25.3 Å². The minimum Gasteiger partial charge on any atom is -0.480 e. The van der Waals surface area contributed by atoms with Gasteiger partial charge in [-0.1, -0.05) is 42.5 Å². The van der Waals surface area contributed by atoms with Gasteiger partial charge in [-0.2, -0.15) is 0 Å². The summed E-state index contributed by atoms with van der Waals surface area (Å²) in [5, 5.41) is 21.4. The van der Waals surface area contributed by atoms with Crippen molar-refractivity contribution in [1.29, 1.82) is 0 Å². The lowest BCUT2D eigenvalue weighted by Gasteiger charge is -2.23. The molecule has 0 unspecified atom stereocenters. The van der Waals surface area contributed by atoms with Gasteiger partial charge < -0.3 is 20.4 Å². The first-order valence-corrected chi connectivity index (χ1v) is 8.08. The Balaban J connectivity index is 1.98. The van der Waals surface area contributed by atoms with Crippen molar-refractivity contribution in [2.75, 3.05) is 6.54 Å². The highest BCUT2D eigenvalue weighted by atomic mass is 16.4. The van der Waals surface area contributed by atoms with Crippen LogP contribution in [-0.4, -0.2) is 57.6 Å². The molecule has 1 aromatic rings. The number of amides is 2. The minimum absolute atomic E-state index is 0.0824. The number of aliphatic hydroxyl groups excluding tert-OH is 1. The number of carbonyl (C=O) groups excluding carboxylic acids is 2. The number of likely N-dealkylation sites (tertiary alicyclic amines) is 1. The normalized spacial score (nSPS) is 21.3. The summed E-state index contributed by atoms with van der Waals surface area (Å²) in [4.78, 5) is 36.6. The number of carboxylic acid groups (broad SMARTS) is 1. The molecule has 0 saturated carbocycles. The van der Waals surface area contributed by atoms with Gasteiger partial charge in [0.25, 0.3) is 0 Å². The smallest absolute Gasteiger partial charge is 0.326 e. The molecule has 1 aromatic carbocycles. The molecule has 3 atom stereocenters. The maximum atomic E-state index is 12.4. The van der Waals surface area contributed by atoms with Gasteiger partial charge in [0.2, 0.25) is 11.8 Å². The predicted octanol–water partition coefficient (Wildman–Crippen LogP) is 0.641. The summed E-state index contributed by atoms with van der Waals surface area (Å²) in [5.41, 5.74) is 0.930. The second-order valence-electron chi connectivity index (χ2n) is 6.02. The standard InChI is InChI=1S/C18H22N2O5/c1-12(21)20-11-14(22)10-16(20)17(23)19-15(18(24)25)9-5-8-13-6-3-2-4-7-13/h2-8,14-16,22H,9-11H2,1H3,(H,19,23)(H,24,25)/b8-5+/t14-,15+,16+/m1/s1. The van der Waals surface area contributed by atoms with E-state index in [0.29, 0.717) is 0 Å². The fourth-order valence-corrected chi connectivity index (χ4v) is 2.80. The van der Waals surface area contributed by atoms with Crippen LogP contribution in [0.25, 0.3) is 6.08 Å². The van der Waals surface area contributed by atoms with Crippen molar-refractivity contribution in [3.8, 4) is 0 Å². The average molecular weight is 346 g/mol. The number of rotatable bonds is 6. The minimum atomic E-state index is -1.15. The quantitative estimate of drug-likeness (QED) is 0.701. The topological polar surface area (TPSA) is 107 Å². The molecule has 0 bridgehead atoms. The highest BCUT2D eigenvalue weighted by Crippen LogP contribution is 2.18. The molecule has 1 heterocycles. The molecule has 2 rings (SSSR count). The molecule has 0 aliphatic carbocycles. The molecule has 1 fully saturated rings. The summed E-state index contributed by atoms with van der Waals surface area (Å²) in [6.07, 6.45) is 2.91. The van der Waals surface area contributed by atoms with Gasteiger partial charge in [0.15, 0.2) is 0 Å². The lowest BCUT2D eigenvalue weighted by atomic mass is 10.1. The van der Waals surface area contributed by atoms with Crippen LogP contribution < -0.4 is 5.32 Å². The first-order valence-electron chi connectivity index (χ1n) is 8.08. The summed E-state index contributed by atoms with van der Waals surface area (Å²) in [7, 11) is 0. The molecule has 2 amide bonds. The molecule has 0 radical (unpaired) electrons. The Hall–Kier alpha value is -2.67. The van der Waals surface area contributed by atoms with E-state index in [2.05, 4.69) is 5.32 Å². The number of aliphatic carboxylic acids is 1. The van der Waals surface area contributed by atoms with Crippen LogP contribution in [0.15, 0.2) is 36.4 Å². The Bertz CT molecular complexity index is 659. The summed E-state index contributed by atoms with van der Waals surface area (Å²) in [6.45, 7) is 1.40. The molecule has 3 N–H and O–H groups in total. The Morgan fingerprint density at radius 3 is 2.60 bits per heavy atom. The van der Waals surface area contributed by atoms with Gasteiger partial charge >= 0.3 is 5.97 Å². The summed E-state index contributed by atoms with van der Waals surface area (Å²) >= 11 is 0. The SMILES string of the molecule is CC(=O)N1C[C@H](O)C[C@H]1C(=O)N[C@@H](C/C=C/c1ccccc1)C(=O)O. The lowest BCUT2D eigenvalue weighted by molar-refractivity contribution is -0.143. The molecule has 7 nitrogen and oxygen atoms in total. The van der Waals surface area contributed by atoms with Gasteiger partial charge in [0, 0.05) is 19.9 Å². The first-order chi connectivity index (χ1) is 11.9. The van der Waals surface area contributed by atoms with Gasteiger partial charge in [0.05, 0.1) is 6.10 Å². The Morgan fingerprint density at radius 1 is 1.32 bits per heavy atom. The van der Waals surface area contributed by atoms with Crippen LogP contribution >= 0.6 is 0 Å². The summed E-state index contributed by atoms with van der Waals surface area (Å²) in [5.74, 6) is -2.04. The summed E-state index contributed by atoms with van der Waals surface area (Å²) < 4.78 is 0. The van der Waals surface area contributed by atoms with E-state index in [4.69, 9.17) is 0 Å². The highest BCUT2D eigenvalue weighted by molar-refractivity contribution is 5.90. The van der Waals surface area contributed by atoms with Gasteiger partial charge in [-0.15, -0.1) is 0 Å². The first kappa shape index (κ1) is 18.7. The second kappa shape index (κ2) is 8.43. The lowest BCUT2D eigenvalue weighted by Crippen LogP contribution is -2.50. The zero-order valence-corrected chi connectivity index (χ0v) is 14.0. The van der Waals surface area contributed by atoms with E-state index in [1.807, 2.05) is 30.3 Å². The Labute approximate surface area is 145 Å². The third-order valence-corrected chi connectivity index (χ3v) is 4.08. The third-order valence-electron chi connectivity index (χ3n) is 4.08. The molecular formula is C18H22N2O5. The average Bonchev–Trinajstić information content (AvgIpc) is 2.97. The largest absolute Gasteiger partial charge is 0.480 e. The number of carboxylic acids is 1. The molecule has 25 heavy (non-hydrogen) atoms. The van der Waals surface area contributed by atoms with Gasteiger partial charge in [0.1, 0.15) is 12.1 Å². The van der Waals surface area contributed by atoms with Crippen molar-refractivity contribution >= 4 is 23.9 Å².